The van der Waals surface area contributed by atoms with Gasteiger partial charge in [-0.15, -0.1) is 11.8 Å². The highest BCUT2D eigenvalue weighted by Gasteiger charge is 2.50. The molecule has 0 aliphatic carbocycles. The quantitative estimate of drug-likeness (QED) is 0.837. The van der Waals surface area contributed by atoms with E-state index >= 15 is 0 Å². The zero-order valence-corrected chi connectivity index (χ0v) is 11.8. The molecule has 0 bridgehead atoms. The van der Waals surface area contributed by atoms with Gasteiger partial charge in [0.25, 0.3) is 0 Å². The summed E-state index contributed by atoms with van der Waals surface area (Å²) in [6, 6.07) is 4.59. The number of ether oxygens (including phenoxy) is 1. The van der Waals surface area contributed by atoms with Gasteiger partial charge >= 0.3 is 0 Å². The lowest BCUT2D eigenvalue weighted by Crippen LogP contribution is -2.61. The molecule has 0 N–H and O–H groups in total. The van der Waals surface area contributed by atoms with Crippen LogP contribution in [0.15, 0.2) is 24.5 Å². The van der Waals surface area contributed by atoms with Gasteiger partial charge < -0.3 is 4.74 Å². The Morgan fingerprint density at radius 1 is 1.50 bits per heavy atom. The van der Waals surface area contributed by atoms with Crippen LogP contribution in [0, 0.1) is 0 Å². The van der Waals surface area contributed by atoms with Gasteiger partial charge in [0.1, 0.15) is 11.9 Å². The molecule has 4 heteroatoms. The number of rotatable bonds is 3. The van der Waals surface area contributed by atoms with Crippen LogP contribution >= 0.6 is 11.8 Å². The molecule has 0 amide bonds. The third kappa shape index (κ3) is 2.36. The molecule has 2 aliphatic rings. The van der Waals surface area contributed by atoms with Crippen LogP contribution in [0.3, 0.4) is 0 Å². The maximum atomic E-state index is 6.00. The fourth-order valence-electron chi connectivity index (χ4n) is 2.77. The van der Waals surface area contributed by atoms with E-state index in [4.69, 9.17) is 4.74 Å². The Kier molecular flexibility index (Phi) is 3.24. The summed E-state index contributed by atoms with van der Waals surface area (Å²) < 4.78 is 6.47. The van der Waals surface area contributed by atoms with Gasteiger partial charge in [-0.05, 0) is 26.0 Å². The Hall–Kier alpha value is -0.740. The van der Waals surface area contributed by atoms with E-state index in [1.807, 2.05) is 12.1 Å². The largest absolute Gasteiger partial charge is 0.488 e. The molecule has 0 unspecified atom stereocenters. The lowest BCUT2D eigenvalue weighted by Gasteiger charge is -2.49. The van der Waals surface area contributed by atoms with Crippen molar-refractivity contribution in [1.82, 2.24) is 9.88 Å². The molecule has 1 aromatic heterocycles. The third-order valence-corrected chi connectivity index (χ3v) is 5.40. The highest BCUT2D eigenvalue weighted by molar-refractivity contribution is 8.01. The first-order valence-corrected chi connectivity index (χ1v) is 7.60. The SMILES string of the molecule is CC(C)N1CC2(C[C@@H](Oc3cccnc3)CS2)C1. The molecule has 1 atom stereocenters. The maximum absolute atomic E-state index is 6.00. The number of nitrogens with zero attached hydrogens (tertiary/aromatic N) is 2. The Morgan fingerprint density at radius 3 is 3.00 bits per heavy atom. The number of hydrogen-bond acceptors (Lipinski definition) is 4. The van der Waals surface area contributed by atoms with E-state index in [0.29, 0.717) is 16.9 Å². The summed E-state index contributed by atoms with van der Waals surface area (Å²) >= 11 is 2.09. The van der Waals surface area contributed by atoms with Gasteiger partial charge in [0, 0.05) is 42.2 Å². The van der Waals surface area contributed by atoms with Crippen molar-refractivity contribution in [1.29, 1.82) is 0 Å². The van der Waals surface area contributed by atoms with Crippen LogP contribution in [-0.4, -0.2) is 45.6 Å². The molecule has 98 valence electrons. The van der Waals surface area contributed by atoms with Crippen LogP contribution in [0.2, 0.25) is 0 Å². The Labute approximate surface area is 113 Å². The molecule has 3 heterocycles. The Bertz CT molecular complexity index is 404. The molecule has 0 radical (unpaired) electrons. The lowest BCUT2D eigenvalue weighted by molar-refractivity contribution is 0.0714. The van der Waals surface area contributed by atoms with E-state index in [1.54, 1.807) is 12.4 Å². The zero-order chi connectivity index (χ0) is 12.6. The summed E-state index contributed by atoms with van der Waals surface area (Å²) in [6.45, 7) is 7.00. The van der Waals surface area contributed by atoms with Crippen LogP contribution < -0.4 is 4.74 Å². The van der Waals surface area contributed by atoms with E-state index in [-0.39, 0.29) is 0 Å². The van der Waals surface area contributed by atoms with Crippen LogP contribution in [-0.2, 0) is 0 Å². The first-order chi connectivity index (χ1) is 8.67. The van der Waals surface area contributed by atoms with Crippen molar-refractivity contribution < 1.29 is 4.74 Å². The molecule has 2 saturated heterocycles. The number of likely N-dealkylation sites (tertiary alicyclic amines) is 1. The second-order valence-corrected chi connectivity index (χ2v) is 7.11. The van der Waals surface area contributed by atoms with Crippen LogP contribution in [0.4, 0.5) is 0 Å². The lowest BCUT2D eigenvalue weighted by atomic mass is 9.92. The fourth-order valence-corrected chi connectivity index (χ4v) is 4.31. The van der Waals surface area contributed by atoms with E-state index in [1.165, 1.54) is 19.5 Å². The summed E-state index contributed by atoms with van der Waals surface area (Å²) in [5.74, 6) is 2.01. The van der Waals surface area contributed by atoms with Gasteiger partial charge in [-0.1, -0.05) is 0 Å². The molecule has 3 rings (SSSR count). The van der Waals surface area contributed by atoms with Crippen molar-refractivity contribution in [2.24, 2.45) is 0 Å². The summed E-state index contributed by atoms with van der Waals surface area (Å²) in [6.07, 6.45) is 5.12. The molecular formula is C14H20N2OS. The van der Waals surface area contributed by atoms with Gasteiger partial charge in [0.15, 0.2) is 0 Å². The zero-order valence-electron chi connectivity index (χ0n) is 11.0. The molecule has 2 aliphatic heterocycles. The standard InChI is InChI=1S/C14H20N2OS/c1-11(2)16-9-14(10-16)6-13(8-18-14)17-12-4-3-5-15-7-12/h3-5,7,11,13H,6,8-10H2,1-2H3/t13-/m1/s1. The molecule has 0 saturated carbocycles. The van der Waals surface area contributed by atoms with Gasteiger partial charge in [0.05, 0.1) is 6.20 Å². The van der Waals surface area contributed by atoms with Crippen LogP contribution in [0.5, 0.6) is 5.75 Å². The minimum absolute atomic E-state index is 0.355. The molecule has 0 aromatic carbocycles. The predicted octanol–water partition coefficient (Wildman–Crippen LogP) is 2.43. The van der Waals surface area contributed by atoms with Gasteiger partial charge in [-0.2, -0.15) is 0 Å². The van der Waals surface area contributed by atoms with Crippen molar-refractivity contribution in [2.75, 3.05) is 18.8 Å². The molecule has 1 aromatic rings. The van der Waals surface area contributed by atoms with Crippen molar-refractivity contribution in [3.05, 3.63) is 24.5 Å². The van der Waals surface area contributed by atoms with E-state index < -0.39 is 0 Å². The first kappa shape index (κ1) is 12.3. The van der Waals surface area contributed by atoms with Crippen molar-refractivity contribution >= 4 is 11.8 Å². The van der Waals surface area contributed by atoms with E-state index in [0.717, 1.165) is 11.5 Å². The van der Waals surface area contributed by atoms with E-state index in [2.05, 4.69) is 35.5 Å². The topological polar surface area (TPSA) is 25.4 Å². The summed E-state index contributed by atoms with van der Waals surface area (Å²) in [7, 11) is 0. The third-order valence-electron chi connectivity index (χ3n) is 3.83. The van der Waals surface area contributed by atoms with Gasteiger partial charge in [0.2, 0.25) is 0 Å². The molecule has 2 fully saturated rings. The van der Waals surface area contributed by atoms with Crippen molar-refractivity contribution in [3.8, 4) is 5.75 Å². The van der Waals surface area contributed by atoms with Crippen molar-refractivity contribution in [3.63, 3.8) is 0 Å². The second kappa shape index (κ2) is 4.74. The normalized spacial score (nSPS) is 26.5. The number of hydrogen-bond donors (Lipinski definition) is 0. The Morgan fingerprint density at radius 2 is 2.33 bits per heavy atom. The molecular weight excluding hydrogens is 244 g/mol. The fraction of sp³-hybridized carbons (Fsp3) is 0.643. The van der Waals surface area contributed by atoms with Crippen molar-refractivity contribution in [2.45, 2.75) is 37.2 Å². The minimum Gasteiger partial charge on any atom is -0.488 e. The highest BCUT2D eigenvalue weighted by atomic mass is 32.2. The van der Waals surface area contributed by atoms with E-state index in [9.17, 15) is 0 Å². The molecule has 3 nitrogen and oxygen atoms in total. The minimum atomic E-state index is 0.355. The van der Waals surface area contributed by atoms with Gasteiger partial charge in [-0.3, -0.25) is 9.88 Å². The van der Waals surface area contributed by atoms with Crippen LogP contribution in [0.25, 0.3) is 0 Å². The maximum Gasteiger partial charge on any atom is 0.138 e. The monoisotopic (exact) mass is 264 g/mol. The average Bonchev–Trinajstić information content (AvgIpc) is 2.72. The highest BCUT2D eigenvalue weighted by Crippen LogP contribution is 2.46. The average molecular weight is 264 g/mol. The first-order valence-electron chi connectivity index (χ1n) is 6.62. The predicted molar refractivity (Wildman–Crippen MR) is 75.2 cm³/mol. The summed E-state index contributed by atoms with van der Waals surface area (Å²) in [5, 5.41) is 0. The molecule has 18 heavy (non-hydrogen) atoms. The number of thioether (sulfide) groups is 1. The molecule has 1 spiro atoms. The second-order valence-electron chi connectivity index (χ2n) is 5.63. The summed E-state index contributed by atoms with van der Waals surface area (Å²) in [4.78, 5) is 6.63. The number of aromatic nitrogens is 1. The van der Waals surface area contributed by atoms with Gasteiger partial charge in [-0.25, -0.2) is 0 Å². The van der Waals surface area contributed by atoms with Crippen LogP contribution in [0.1, 0.15) is 20.3 Å². The smallest absolute Gasteiger partial charge is 0.138 e. The number of pyridine rings is 1. The summed E-state index contributed by atoms with van der Waals surface area (Å²) in [5.41, 5.74) is 0. The Balaban J connectivity index is 1.54.